The minimum Gasteiger partial charge on any atom is -0.334 e. The molecule has 19 heavy (non-hydrogen) atoms. The van der Waals surface area contributed by atoms with Crippen LogP contribution in [0.1, 0.15) is 38.1 Å². The van der Waals surface area contributed by atoms with Crippen molar-refractivity contribution in [2.75, 3.05) is 0 Å². The average molecular weight is 304 g/mol. The van der Waals surface area contributed by atoms with E-state index in [1.165, 1.54) is 24.3 Å². The fourth-order valence-electron chi connectivity index (χ4n) is 1.97. The van der Waals surface area contributed by atoms with Gasteiger partial charge in [-0.05, 0) is 52.0 Å². The second-order valence-electron chi connectivity index (χ2n) is 4.86. The molecule has 0 aliphatic carbocycles. The summed E-state index contributed by atoms with van der Waals surface area (Å²) in [5.74, 6) is -0.122. The van der Waals surface area contributed by atoms with E-state index in [1.807, 2.05) is 27.7 Å². The van der Waals surface area contributed by atoms with E-state index in [0.717, 1.165) is 0 Å². The molecule has 0 aromatic heterocycles. The van der Waals surface area contributed by atoms with Gasteiger partial charge >= 0.3 is 0 Å². The van der Waals surface area contributed by atoms with E-state index < -0.39 is 9.05 Å². The molecule has 0 saturated carbocycles. The summed E-state index contributed by atoms with van der Waals surface area (Å²) < 4.78 is 22.3. The summed E-state index contributed by atoms with van der Waals surface area (Å²) in [7, 11) is 1.48. The van der Waals surface area contributed by atoms with Gasteiger partial charge in [0.25, 0.3) is 15.0 Å². The summed E-state index contributed by atoms with van der Waals surface area (Å²) in [6.07, 6.45) is 0. The lowest BCUT2D eigenvalue weighted by Crippen LogP contribution is -2.42. The third-order valence-electron chi connectivity index (χ3n) is 2.73. The Labute approximate surface area is 118 Å². The van der Waals surface area contributed by atoms with E-state index in [0.29, 0.717) is 5.56 Å². The van der Waals surface area contributed by atoms with Crippen LogP contribution in [0.4, 0.5) is 0 Å². The Morgan fingerprint density at radius 2 is 1.47 bits per heavy atom. The number of carbonyl (C=O) groups is 1. The quantitative estimate of drug-likeness (QED) is 0.804. The molecule has 0 spiro atoms. The third-order valence-corrected chi connectivity index (χ3v) is 4.10. The van der Waals surface area contributed by atoms with Gasteiger partial charge in [0.05, 0.1) is 4.90 Å². The van der Waals surface area contributed by atoms with E-state index in [9.17, 15) is 13.2 Å². The Morgan fingerprint density at radius 1 is 1.05 bits per heavy atom. The summed E-state index contributed by atoms with van der Waals surface area (Å²) >= 11 is 0. The van der Waals surface area contributed by atoms with Crippen molar-refractivity contribution in [2.24, 2.45) is 0 Å². The smallest absolute Gasteiger partial charge is 0.261 e. The Balaban J connectivity index is 3.07. The SMILES string of the molecule is CC(C)N(C(=O)c1ccc(S(=O)(=O)Cl)cc1)C(C)C. The van der Waals surface area contributed by atoms with E-state index in [-0.39, 0.29) is 22.9 Å². The van der Waals surface area contributed by atoms with E-state index in [1.54, 1.807) is 4.90 Å². The lowest BCUT2D eigenvalue weighted by Gasteiger charge is -2.30. The van der Waals surface area contributed by atoms with Crippen LogP contribution in [0.5, 0.6) is 0 Å². The molecule has 0 aliphatic rings. The van der Waals surface area contributed by atoms with E-state index in [4.69, 9.17) is 10.7 Å². The zero-order chi connectivity index (χ0) is 14.8. The number of amides is 1. The van der Waals surface area contributed by atoms with Gasteiger partial charge < -0.3 is 4.90 Å². The van der Waals surface area contributed by atoms with Crippen LogP contribution in [0, 0.1) is 0 Å². The highest BCUT2D eigenvalue weighted by Crippen LogP contribution is 2.17. The second kappa shape index (κ2) is 5.92. The molecule has 0 aliphatic heterocycles. The molecule has 0 saturated heterocycles. The van der Waals surface area contributed by atoms with Gasteiger partial charge in [0.15, 0.2) is 0 Å². The Morgan fingerprint density at radius 3 is 1.79 bits per heavy atom. The van der Waals surface area contributed by atoms with Gasteiger partial charge in [-0.25, -0.2) is 8.42 Å². The molecule has 106 valence electrons. The van der Waals surface area contributed by atoms with Crippen molar-refractivity contribution < 1.29 is 13.2 Å². The number of benzene rings is 1. The van der Waals surface area contributed by atoms with Gasteiger partial charge in [0.1, 0.15) is 0 Å². The molecular formula is C13H18ClNO3S. The van der Waals surface area contributed by atoms with Crippen LogP contribution in [-0.2, 0) is 9.05 Å². The van der Waals surface area contributed by atoms with E-state index in [2.05, 4.69) is 0 Å². The van der Waals surface area contributed by atoms with Crippen LogP contribution in [0.3, 0.4) is 0 Å². The molecule has 0 bridgehead atoms. The maximum absolute atomic E-state index is 12.3. The molecule has 0 radical (unpaired) electrons. The number of hydrogen-bond donors (Lipinski definition) is 0. The normalized spacial score (nSPS) is 11.9. The number of nitrogens with zero attached hydrogens (tertiary/aromatic N) is 1. The molecule has 1 aromatic rings. The second-order valence-corrected chi connectivity index (χ2v) is 7.43. The van der Waals surface area contributed by atoms with Gasteiger partial charge in [0, 0.05) is 28.3 Å². The summed E-state index contributed by atoms with van der Waals surface area (Å²) in [5, 5.41) is 0. The molecule has 0 N–H and O–H groups in total. The van der Waals surface area contributed by atoms with Crippen molar-refractivity contribution >= 4 is 25.6 Å². The summed E-state index contributed by atoms with van der Waals surface area (Å²) in [6, 6.07) is 5.79. The van der Waals surface area contributed by atoms with Crippen molar-refractivity contribution in [3.05, 3.63) is 29.8 Å². The van der Waals surface area contributed by atoms with Crippen LogP contribution < -0.4 is 0 Å². The number of rotatable bonds is 4. The molecule has 0 unspecified atom stereocenters. The lowest BCUT2D eigenvalue weighted by atomic mass is 10.1. The first kappa shape index (κ1) is 16.0. The molecule has 0 atom stereocenters. The highest BCUT2D eigenvalue weighted by molar-refractivity contribution is 8.13. The van der Waals surface area contributed by atoms with Crippen molar-refractivity contribution in [1.29, 1.82) is 0 Å². The predicted octanol–water partition coefficient (Wildman–Crippen LogP) is 2.87. The fourth-order valence-corrected chi connectivity index (χ4v) is 2.74. The fraction of sp³-hybridized carbons (Fsp3) is 0.462. The van der Waals surface area contributed by atoms with Gasteiger partial charge in [-0.1, -0.05) is 0 Å². The zero-order valence-corrected chi connectivity index (χ0v) is 13.0. The van der Waals surface area contributed by atoms with Crippen LogP contribution >= 0.6 is 10.7 Å². The van der Waals surface area contributed by atoms with Crippen molar-refractivity contribution in [3.8, 4) is 0 Å². The summed E-state index contributed by atoms with van der Waals surface area (Å²) in [4.78, 5) is 14.1. The molecule has 1 aromatic carbocycles. The number of hydrogen-bond acceptors (Lipinski definition) is 3. The maximum atomic E-state index is 12.3. The van der Waals surface area contributed by atoms with Crippen LogP contribution in [0.2, 0.25) is 0 Å². The number of carbonyl (C=O) groups excluding carboxylic acids is 1. The molecule has 1 amide bonds. The first-order valence-electron chi connectivity index (χ1n) is 6.02. The largest absolute Gasteiger partial charge is 0.334 e. The molecule has 4 nitrogen and oxygen atoms in total. The Kier molecular flexibility index (Phi) is 4.98. The topological polar surface area (TPSA) is 54.5 Å². The van der Waals surface area contributed by atoms with Crippen LogP contribution in [0.25, 0.3) is 0 Å². The van der Waals surface area contributed by atoms with Gasteiger partial charge in [-0.2, -0.15) is 0 Å². The van der Waals surface area contributed by atoms with Crippen molar-refractivity contribution in [3.63, 3.8) is 0 Å². The van der Waals surface area contributed by atoms with Gasteiger partial charge in [-0.15, -0.1) is 0 Å². The van der Waals surface area contributed by atoms with Crippen LogP contribution in [-0.4, -0.2) is 31.3 Å². The molecule has 6 heteroatoms. The highest BCUT2D eigenvalue weighted by atomic mass is 35.7. The standard InChI is InChI=1S/C13H18ClNO3S/c1-9(2)15(10(3)4)13(16)11-5-7-12(8-6-11)19(14,17)18/h5-10H,1-4H3. The minimum atomic E-state index is -3.75. The molecular weight excluding hydrogens is 286 g/mol. The molecule has 0 heterocycles. The average Bonchev–Trinajstić information content (AvgIpc) is 2.27. The minimum absolute atomic E-state index is 0.00800. The molecule has 0 fully saturated rings. The van der Waals surface area contributed by atoms with E-state index >= 15 is 0 Å². The third kappa shape index (κ3) is 3.94. The van der Waals surface area contributed by atoms with Crippen molar-refractivity contribution in [1.82, 2.24) is 4.90 Å². The Hall–Kier alpha value is -1.07. The number of halogens is 1. The first-order chi connectivity index (χ1) is 8.64. The monoisotopic (exact) mass is 303 g/mol. The van der Waals surface area contributed by atoms with Crippen molar-refractivity contribution in [2.45, 2.75) is 44.7 Å². The summed E-state index contributed by atoms with van der Waals surface area (Å²) in [5.41, 5.74) is 0.450. The maximum Gasteiger partial charge on any atom is 0.261 e. The first-order valence-corrected chi connectivity index (χ1v) is 8.33. The lowest BCUT2D eigenvalue weighted by molar-refractivity contribution is 0.0643. The molecule has 1 rings (SSSR count). The zero-order valence-electron chi connectivity index (χ0n) is 11.4. The highest BCUT2D eigenvalue weighted by Gasteiger charge is 2.21. The summed E-state index contributed by atoms with van der Waals surface area (Å²) in [6.45, 7) is 7.76. The van der Waals surface area contributed by atoms with Crippen LogP contribution in [0.15, 0.2) is 29.2 Å². The van der Waals surface area contributed by atoms with Gasteiger partial charge in [-0.3, -0.25) is 4.79 Å². The Bertz CT molecular complexity index is 542. The predicted molar refractivity (Wildman–Crippen MR) is 75.9 cm³/mol. The van der Waals surface area contributed by atoms with Gasteiger partial charge in [0.2, 0.25) is 0 Å².